The molecular formula is C2H6AlIO. The summed E-state index contributed by atoms with van der Waals surface area (Å²) in [6.07, 6.45) is 0. The van der Waals surface area contributed by atoms with Crippen LogP contribution in [0.15, 0.2) is 10.3 Å². The van der Waals surface area contributed by atoms with Crippen molar-refractivity contribution in [2.24, 2.45) is 0 Å². The Morgan fingerprint density at radius 1 is 1.80 bits per heavy atom. The van der Waals surface area contributed by atoms with E-state index in [-0.39, 0.29) is 21.1 Å². The van der Waals surface area contributed by atoms with Crippen LogP contribution < -0.4 is 0 Å². The molecule has 0 saturated heterocycles. The standard InChI is InChI=1S/C2H3IO.Al.3H/c1-2(3)4;;;;/h4H,1H2;;;;. The van der Waals surface area contributed by atoms with Gasteiger partial charge in [-0.15, -0.1) is 0 Å². The van der Waals surface area contributed by atoms with Crippen molar-refractivity contribution in [2.45, 2.75) is 0 Å². The molecule has 30 valence electrons. The fourth-order valence-corrected chi connectivity index (χ4v) is 0. The summed E-state index contributed by atoms with van der Waals surface area (Å²) in [7, 11) is 0. The summed E-state index contributed by atoms with van der Waals surface area (Å²) in [5.41, 5.74) is 0. The quantitative estimate of drug-likeness (QED) is 0.338. The van der Waals surface area contributed by atoms with Gasteiger partial charge in [-0.1, -0.05) is 6.58 Å². The highest BCUT2D eigenvalue weighted by Crippen LogP contribution is 1.89. The zero-order chi connectivity index (χ0) is 3.58. The van der Waals surface area contributed by atoms with Crippen LogP contribution in [0.5, 0.6) is 0 Å². The van der Waals surface area contributed by atoms with Gasteiger partial charge in [0.15, 0.2) is 17.4 Å². The summed E-state index contributed by atoms with van der Waals surface area (Å²) in [6.45, 7) is 3.10. The van der Waals surface area contributed by atoms with E-state index in [4.69, 9.17) is 5.11 Å². The van der Waals surface area contributed by atoms with Crippen LogP contribution in [-0.2, 0) is 0 Å². The Morgan fingerprint density at radius 2 is 1.80 bits per heavy atom. The van der Waals surface area contributed by atoms with Crippen molar-refractivity contribution in [3.63, 3.8) is 0 Å². The molecule has 0 aromatic carbocycles. The van der Waals surface area contributed by atoms with E-state index in [1.807, 2.05) is 0 Å². The van der Waals surface area contributed by atoms with Gasteiger partial charge in [0.05, 0.1) is 0 Å². The number of rotatable bonds is 0. The van der Waals surface area contributed by atoms with Gasteiger partial charge >= 0.3 is 0 Å². The smallest absolute Gasteiger partial charge is 0.187 e. The minimum Gasteiger partial charge on any atom is -0.503 e. The molecule has 0 aromatic rings. The van der Waals surface area contributed by atoms with E-state index < -0.39 is 0 Å². The van der Waals surface area contributed by atoms with Gasteiger partial charge in [-0.2, -0.15) is 0 Å². The van der Waals surface area contributed by atoms with Crippen molar-refractivity contribution in [3.05, 3.63) is 10.3 Å². The summed E-state index contributed by atoms with van der Waals surface area (Å²) in [5, 5.41) is 7.85. The fourth-order valence-electron chi connectivity index (χ4n) is 0. The van der Waals surface area contributed by atoms with Crippen molar-refractivity contribution in [2.75, 3.05) is 0 Å². The Kier molecular flexibility index (Phi) is 8.89. The molecule has 5 heavy (non-hydrogen) atoms. The molecule has 0 saturated carbocycles. The lowest BCUT2D eigenvalue weighted by atomic mass is 11.2. The van der Waals surface area contributed by atoms with E-state index in [0.717, 1.165) is 0 Å². The summed E-state index contributed by atoms with van der Waals surface area (Å²) >= 11 is 1.70. The monoisotopic (exact) mass is 200 g/mol. The summed E-state index contributed by atoms with van der Waals surface area (Å²) in [5.74, 6) is 0. The second-order valence-electron chi connectivity index (χ2n) is 0.376. The van der Waals surface area contributed by atoms with Gasteiger partial charge in [-0.25, -0.2) is 0 Å². The Hall–Kier alpha value is 0.802. The number of hydrogen-bond acceptors (Lipinski definition) is 1. The van der Waals surface area contributed by atoms with Crippen LogP contribution in [-0.4, -0.2) is 22.5 Å². The van der Waals surface area contributed by atoms with Crippen molar-refractivity contribution < 1.29 is 5.11 Å². The predicted octanol–water partition coefficient (Wildman–Crippen LogP) is 0.267. The first kappa shape index (κ1) is 9.26. The Morgan fingerprint density at radius 3 is 1.80 bits per heavy atom. The normalized spacial score (nSPS) is 5.00. The van der Waals surface area contributed by atoms with Crippen LogP contribution in [0.2, 0.25) is 0 Å². The zero-order valence-corrected chi connectivity index (χ0v) is 4.19. The molecule has 0 atom stereocenters. The molecule has 0 radical (unpaired) electrons. The molecule has 0 fully saturated rings. The minimum absolute atomic E-state index is 0. The van der Waals surface area contributed by atoms with Gasteiger partial charge in [-0.3, -0.25) is 0 Å². The molecule has 0 aromatic heterocycles. The van der Waals surface area contributed by atoms with Gasteiger partial charge in [0.25, 0.3) is 0 Å². The van der Waals surface area contributed by atoms with E-state index in [1.54, 1.807) is 22.6 Å². The van der Waals surface area contributed by atoms with Crippen molar-refractivity contribution in [1.29, 1.82) is 0 Å². The highest BCUT2D eigenvalue weighted by molar-refractivity contribution is 14.1. The predicted molar refractivity (Wildman–Crippen MR) is 35.7 cm³/mol. The second-order valence-corrected chi connectivity index (χ2v) is 1.62. The molecule has 0 unspecified atom stereocenters. The number of hydrogen-bond donors (Lipinski definition) is 1. The summed E-state index contributed by atoms with van der Waals surface area (Å²) < 4.78 is 0.137. The third-order valence-electron chi connectivity index (χ3n) is 0. The molecule has 0 bridgehead atoms. The van der Waals surface area contributed by atoms with Gasteiger partial charge in [0, 0.05) is 0 Å². The maximum atomic E-state index is 7.85. The van der Waals surface area contributed by atoms with Crippen LogP contribution in [0.25, 0.3) is 0 Å². The van der Waals surface area contributed by atoms with Crippen LogP contribution in [0.3, 0.4) is 0 Å². The average molecular weight is 200 g/mol. The van der Waals surface area contributed by atoms with E-state index >= 15 is 0 Å². The third kappa shape index (κ3) is 58.6. The zero-order valence-electron chi connectivity index (χ0n) is 2.03. The van der Waals surface area contributed by atoms with Crippen LogP contribution in [0.4, 0.5) is 0 Å². The van der Waals surface area contributed by atoms with Crippen LogP contribution in [0, 0.1) is 0 Å². The first-order chi connectivity index (χ1) is 1.73. The molecule has 0 aliphatic carbocycles. The Balaban J connectivity index is 0. The number of aliphatic hydroxyl groups is 1. The van der Waals surface area contributed by atoms with Gasteiger partial charge in [0.1, 0.15) is 3.77 Å². The Labute approximate surface area is 55.3 Å². The molecule has 0 heterocycles. The fraction of sp³-hybridized carbons (Fsp3) is 0. The van der Waals surface area contributed by atoms with Crippen LogP contribution >= 0.6 is 22.6 Å². The highest BCUT2D eigenvalue weighted by atomic mass is 127. The molecule has 0 spiro atoms. The average Bonchev–Trinajstić information content (AvgIpc) is 0.811. The SMILES string of the molecule is C=C(O)I.[AlH3]. The molecular weight excluding hydrogens is 194 g/mol. The molecule has 0 aliphatic heterocycles. The van der Waals surface area contributed by atoms with E-state index in [9.17, 15) is 0 Å². The van der Waals surface area contributed by atoms with E-state index in [0.29, 0.717) is 0 Å². The molecule has 1 nitrogen and oxygen atoms in total. The maximum absolute atomic E-state index is 7.85. The molecule has 0 aliphatic rings. The lowest BCUT2D eigenvalue weighted by molar-refractivity contribution is 0.468. The van der Waals surface area contributed by atoms with E-state index in [1.165, 1.54) is 0 Å². The van der Waals surface area contributed by atoms with Crippen LogP contribution in [0.1, 0.15) is 0 Å². The van der Waals surface area contributed by atoms with Crippen molar-refractivity contribution in [3.8, 4) is 0 Å². The molecule has 1 N–H and O–H groups in total. The molecule has 0 rings (SSSR count). The maximum Gasteiger partial charge on any atom is 0.187 e. The molecule has 0 amide bonds. The Bertz CT molecular complexity index is 32.6. The van der Waals surface area contributed by atoms with E-state index in [2.05, 4.69) is 6.58 Å². The number of halogens is 1. The minimum atomic E-state index is 0. The highest BCUT2D eigenvalue weighted by Gasteiger charge is 1.57. The lowest BCUT2D eigenvalue weighted by Gasteiger charge is -1.65. The van der Waals surface area contributed by atoms with Gasteiger partial charge in [-0.05, 0) is 22.6 Å². The first-order valence-electron chi connectivity index (χ1n) is 0.766. The second kappa shape index (κ2) is 4.80. The van der Waals surface area contributed by atoms with Crippen molar-refractivity contribution >= 4 is 40.0 Å². The summed E-state index contributed by atoms with van der Waals surface area (Å²) in [6, 6.07) is 0. The van der Waals surface area contributed by atoms with Gasteiger partial charge in [0.2, 0.25) is 0 Å². The molecule has 3 heteroatoms. The lowest BCUT2D eigenvalue weighted by Crippen LogP contribution is -1.45. The van der Waals surface area contributed by atoms with Crippen molar-refractivity contribution in [1.82, 2.24) is 0 Å². The van der Waals surface area contributed by atoms with Gasteiger partial charge < -0.3 is 5.11 Å². The topological polar surface area (TPSA) is 20.2 Å². The first-order valence-corrected chi connectivity index (χ1v) is 1.84. The largest absolute Gasteiger partial charge is 0.503 e. The summed E-state index contributed by atoms with van der Waals surface area (Å²) in [4.78, 5) is 0. The third-order valence-corrected chi connectivity index (χ3v) is 0. The number of aliphatic hydroxyl groups excluding tert-OH is 1.